The van der Waals surface area contributed by atoms with Gasteiger partial charge in [-0.25, -0.2) is 0 Å². The van der Waals surface area contributed by atoms with E-state index in [0.717, 1.165) is 22.5 Å². The van der Waals surface area contributed by atoms with E-state index in [0.29, 0.717) is 12.0 Å². The summed E-state index contributed by atoms with van der Waals surface area (Å²) in [6.07, 6.45) is 0.872. The molecule has 0 unspecified atom stereocenters. The van der Waals surface area contributed by atoms with Crippen molar-refractivity contribution in [1.29, 1.82) is 0 Å². The minimum Gasteiger partial charge on any atom is -0.378 e. The molecule has 7 heteroatoms. The molecule has 1 aliphatic rings. The van der Waals surface area contributed by atoms with Crippen LogP contribution in [0.1, 0.15) is 47.8 Å². The van der Waals surface area contributed by atoms with E-state index in [1.165, 1.54) is 6.92 Å². The first-order chi connectivity index (χ1) is 13.3. The maximum atomic E-state index is 12.2. The van der Waals surface area contributed by atoms with E-state index in [2.05, 4.69) is 5.32 Å². The number of hydrogen-bond acceptors (Lipinski definition) is 4. The zero-order chi connectivity index (χ0) is 20.4. The first-order valence-corrected chi connectivity index (χ1v) is 9.13. The number of nitrogens with zero attached hydrogens (tertiary/aromatic N) is 1. The number of nitrogens with one attached hydrogen (secondary N) is 1. The van der Waals surface area contributed by atoms with Gasteiger partial charge in [-0.3, -0.25) is 14.4 Å². The highest BCUT2D eigenvalue weighted by Crippen LogP contribution is 2.39. The molecule has 3 rings (SSSR count). The quantitative estimate of drug-likeness (QED) is 0.736. The number of rotatable bonds is 5. The Kier molecular flexibility index (Phi) is 5.35. The summed E-state index contributed by atoms with van der Waals surface area (Å²) in [5, 5.41) is 3.47. The lowest BCUT2D eigenvalue weighted by molar-refractivity contribution is -0.118. The summed E-state index contributed by atoms with van der Waals surface area (Å²) in [6, 6.07) is 12.5. The Balaban J connectivity index is 1.94. The second-order valence-electron chi connectivity index (χ2n) is 7.15. The highest BCUT2D eigenvalue weighted by molar-refractivity contribution is 5.97. The van der Waals surface area contributed by atoms with Gasteiger partial charge in [-0.15, -0.1) is 0 Å². The number of fused-ring (bicyclic) bond motifs is 1. The van der Waals surface area contributed by atoms with Crippen molar-refractivity contribution < 1.29 is 14.4 Å². The molecule has 2 atom stereocenters. The second-order valence-corrected chi connectivity index (χ2v) is 7.15. The molecule has 3 amide bonds. The maximum absolute atomic E-state index is 12.2. The van der Waals surface area contributed by atoms with E-state index >= 15 is 0 Å². The van der Waals surface area contributed by atoms with Crippen molar-refractivity contribution in [2.24, 2.45) is 11.5 Å². The van der Waals surface area contributed by atoms with Gasteiger partial charge in [-0.05, 0) is 54.8 Å². The fourth-order valence-electron chi connectivity index (χ4n) is 3.76. The summed E-state index contributed by atoms with van der Waals surface area (Å²) in [6.45, 7) is 3.53. The zero-order valence-electron chi connectivity index (χ0n) is 15.9. The predicted octanol–water partition coefficient (Wildman–Crippen LogP) is 2.11. The molecule has 0 aliphatic carbocycles. The minimum absolute atomic E-state index is 0.00365. The van der Waals surface area contributed by atoms with E-state index in [4.69, 9.17) is 11.5 Å². The van der Waals surface area contributed by atoms with Crippen LogP contribution in [0, 0.1) is 0 Å². The van der Waals surface area contributed by atoms with E-state index in [1.54, 1.807) is 23.1 Å². The van der Waals surface area contributed by atoms with Crippen LogP contribution in [0.5, 0.6) is 0 Å². The van der Waals surface area contributed by atoms with Crippen LogP contribution in [0.4, 0.5) is 11.4 Å². The summed E-state index contributed by atoms with van der Waals surface area (Å²) < 4.78 is 0. The number of carbonyl (C=O) groups excluding carboxylic acids is 3. The molecule has 2 aromatic carbocycles. The number of nitrogens with two attached hydrogens (primary N) is 2. The van der Waals surface area contributed by atoms with Crippen LogP contribution in [-0.4, -0.2) is 23.8 Å². The van der Waals surface area contributed by atoms with Crippen molar-refractivity contribution in [2.75, 3.05) is 10.2 Å². The van der Waals surface area contributed by atoms with Crippen molar-refractivity contribution in [3.8, 4) is 0 Å². The molecule has 5 N–H and O–H groups in total. The summed E-state index contributed by atoms with van der Waals surface area (Å²) in [5.74, 6) is -0.931. The summed E-state index contributed by atoms with van der Waals surface area (Å²) in [4.78, 5) is 36.6. The lowest BCUT2D eigenvalue weighted by Gasteiger charge is -2.39. The molecule has 0 bridgehead atoms. The van der Waals surface area contributed by atoms with Gasteiger partial charge in [0.15, 0.2) is 0 Å². The zero-order valence-corrected chi connectivity index (χ0v) is 15.9. The molecular formula is C21H24N4O3. The SMILES string of the molecule is CC(=O)N1c2ccc(C(N)=O)cc2[C@H](Nc2ccc(CC(N)=O)cc2)C[C@@H]1C. The summed E-state index contributed by atoms with van der Waals surface area (Å²) >= 11 is 0. The normalized spacial score (nSPS) is 18.3. The van der Waals surface area contributed by atoms with Gasteiger partial charge in [0.2, 0.25) is 17.7 Å². The molecule has 146 valence electrons. The molecule has 0 saturated heterocycles. The van der Waals surface area contributed by atoms with E-state index in [9.17, 15) is 14.4 Å². The molecule has 7 nitrogen and oxygen atoms in total. The maximum Gasteiger partial charge on any atom is 0.248 e. The van der Waals surface area contributed by atoms with E-state index in [-0.39, 0.29) is 30.3 Å². The van der Waals surface area contributed by atoms with Crippen molar-refractivity contribution in [3.63, 3.8) is 0 Å². The van der Waals surface area contributed by atoms with Gasteiger partial charge >= 0.3 is 0 Å². The van der Waals surface area contributed by atoms with Gasteiger partial charge < -0.3 is 21.7 Å². The van der Waals surface area contributed by atoms with Gasteiger partial charge in [-0.1, -0.05) is 12.1 Å². The first kappa shape index (κ1) is 19.4. The third kappa shape index (κ3) is 3.98. The molecule has 0 spiro atoms. The Labute approximate surface area is 163 Å². The Bertz CT molecular complexity index is 924. The second kappa shape index (κ2) is 7.72. The van der Waals surface area contributed by atoms with Crippen LogP contribution < -0.4 is 21.7 Å². The Hall–Kier alpha value is -3.35. The first-order valence-electron chi connectivity index (χ1n) is 9.13. The van der Waals surface area contributed by atoms with Gasteiger partial charge in [-0.2, -0.15) is 0 Å². The fourth-order valence-corrected chi connectivity index (χ4v) is 3.76. The van der Waals surface area contributed by atoms with Crippen LogP contribution in [0.3, 0.4) is 0 Å². The number of hydrogen-bond donors (Lipinski definition) is 3. The van der Waals surface area contributed by atoms with Crippen molar-refractivity contribution in [2.45, 2.75) is 38.8 Å². The third-order valence-corrected chi connectivity index (χ3v) is 4.98. The molecule has 1 aliphatic heterocycles. The highest BCUT2D eigenvalue weighted by Gasteiger charge is 2.32. The number of benzene rings is 2. The average molecular weight is 380 g/mol. The lowest BCUT2D eigenvalue weighted by Crippen LogP contribution is -2.43. The summed E-state index contributed by atoms with van der Waals surface area (Å²) in [5.41, 5.74) is 14.4. The van der Waals surface area contributed by atoms with Gasteiger partial charge in [0.05, 0.1) is 12.5 Å². The number of primary amides is 2. The smallest absolute Gasteiger partial charge is 0.248 e. The van der Waals surface area contributed by atoms with Crippen LogP contribution in [0.15, 0.2) is 42.5 Å². The number of amides is 3. The lowest BCUT2D eigenvalue weighted by atomic mass is 9.90. The Morgan fingerprint density at radius 2 is 1.79 bits per heavy atom. The minimum atomic E-state index is -0.509. The van der Waals surface area contributed by atoms with Gasteiger partial charge in [0, 0.05) is 29.9 Å². The van der Waals surface area contributed by atoms with E-state index < -0.39 is 5.91 Å². The van der Waals surface area contributed by atoms with Gasteiger partial charge in [0.1, 0.15) is 0 Å². The highest BCUT2D eigenvalue weighted by atomic mass is 16.2. The predicted molar refractivity (Wildman–Crippen MR) is 108 cm³/mol. The fraction of sp³-hybridized carbons (Fsp3) is 0.286. The molecule has 0 aromatic heterocycles. The van der Waals surface area contributed by atoms with Crippen LogP contribution in [0.25, 0.3) is 0 Å². The Morgan fingerprint density at radius 1 is 1.11 bits per heavy atom. The molecule has 0 fully saturated rings. The van der Waals surface area contributed by atoms with Crippen molar-refractivity contribution in [1.82, 2.24) is 0 Å². The monoisotopic (exact) mass is 380 g/mol. The molecule has 28 heavy (non-hydrogen) atoms. The van der Waals surface area contributed by atoms with Crippen molar-refractivity contribution >= 4 is 29.1 Å². The van der Waals surface area contributed by atoms with Crippen LogP contribution >= 0.6 is 0 Å². The third-order valence-electron chi connectivity index (χ3n) is 4.98. The molecular weight excluding hydrogens is 356 g/mol. The van der Waals surface area contributed by atoms with Crippen molar-refractivity contribution in [3.05, 3.63) is 59.2 Å². The molecule has 1 heterocycles. The average Bonchev–Trinajstić information content (AvgIpc) is 2.62. The van der Waals surface area contributed by atoms with Crippen LogP contribution in [0.2, 0.25) is 0 Å². The molecule has 0 saturated carbocycles. The Morgan fingerprint density at radius 3 is 2.36 bits per heavy atom. The largest absolute Gasteiger partial charge is 0.378 e. The molecule has 0 radical (unpaired) electrons. The topological polar surface area (TPSA) is 119 Å². The van der Waals surface area contributed by atoms with Crippen LogP contribution in [-0.2, 0) is 16.0 Å². The van der Waals surface area contributed by atoms with E-state index in [1.807, 2.05) is 31.2 Å². The number of anilines is 2. The standard InChI is InChI=1S/C21H24N4O3/c1-12-9-18(24-16-6-3-14(4-7-16)10-20(22)27)17-11-15(21(23)28)5-8-19(17)25(12)13(2)26/h3-8,11-12,18,24H,9-10H2,1-2H3,(H2,22,27)(H2,23,28)/t12-,18+/m0/s1. The summed E-state index contributed by atoms with van der Waals surface area (Å²) in [7, 11) is 0. The van der Waals surface area contributed by atoms with Gasteiger partial charge in [0.25, 0.3) is 0 Å². The number of carbonyl (C=O) groups is 3. The molecule has 2 aromatic rings.